The summed E-state index contributed by atoms with van der Waals surface area (Å²) in [6, 6.07) is 14.5. The van der Waals surface area contributed by atoms with E-state index in [1.807, 2.05) is 38.1 Å². The SMILES string of the molecule is Cc1cc(N)cc(C)c1Oc1ccnc(/N=C\c2ccc(C#N)cc2)n1. The molecule has 1 aromatic heterocycles. The van der Waals surface area contributed by atoms with E-state index < -0.39 is 0 Å². The molecule has 6 nitrogen and oxygen atoms in total. The lowest BCUT2D eigenvalue weighted by molar-refractivity contribution is 0.455. The molecule has 2 aromatic carbocycles. The minimum Gasteiger partial charge on any atom is -0.438 e. The number of aliphatic imine (C=N–C) groups is 1. The molecule has 26 heavy (non-hydrogen) atoms. The summed E-state index contributed by atoms with van der Waals surface area (Å²) in [5, 5.41) is 8.82. The molecule has 0 atom stereocenters. The Labute approximate surface area is 151 Å². The Morgan fingerprint density at radius 2 is 1.81 bits per heavy atom. The zero-order chi connectivity index (χ0) is 18.5. The van der Waals surface area contributed by atoms with E-state index in [0.717, 1.165) is 22.4 Å². The fourth-order valence-corrected chi connectivity index (χ4v) is 2.48. The first-order valence-electron chi connectivity index (χ1n) is 7.97. The van der Waals surface area contributed by atoms with Crippen molar-refractivity contribution in [3.05, 3.63) is 70.9 Å². The Morgan fingerprint density at radius 1 is 1.12 bits per heavy atom. The molecule has 0 aliphatic heterocycles. The summed E-state index contributed by atoms with van der Waals surface area (Å²) in [5.74, 6) is 1.42. The number of aryl methyl sites for hydroxylation is 2. The van der Waals surface area contributed by atoms with Crippen molar-refractivity contribution in [3.8, 4) is 17.7 Å². The van der Waals surface area contributed by atoms with Crippen LogP contribution >= 0.6 is 0 Å². The molecule has 0 saturated heterocycles. The number of nitrogen functional groups attached to an aromatic ring is 1. The number of hydrogen-bond acceptors (Lipinski definition) is 6. The van der Waals surface area contributed by atoms with Crippen LogP contribution in [0.25, 0.3) is 0 Å². The van der Waals surface area contributed by atoms with E-state index >= 15 is 0 Å². The number of rotatable bonds is 4. The third-order valence-corrected chi connectivity index (χ3v) is 3.68. The van der Waals surface area contributed by atoms with Crippen molar-refractivity contribution in [2.24, 2.45) is 4.99 Å². The molecular weight excluding hydrogens is 326 g/mol. The van der Waals surface area contributed by atoms with Gasteiger partial charge in [-0.05, 0) is 54.8 Å². The highest BCUT2D eigenvalue weighted by atomic mass is 16.5. The van der Waals surface area contributed by atoms with Gasteiger partial charge in [0, 0.05) is 24.2 Å². The van der Waals surface area contributed by atoms with Crippen molar-refractivity contribution < 1.29 is 4.74 Å². The minimum atomic E-state index is 0.289. The van der Waals surface area contributed by atoms with Gasteiger partial charge in [-0.3, -0.25) is 0 Å². The number of benzene rings is 2. The summed E-state index contributed by atoms with van der Waals surface area (Å²) in [6.07, 6.45) is 3.23. The Kier molecular flexibility index (Phi) is 4.90. The van der Waals surface area contributed by atoms with Crippen LogP contribution in [-0.4, -0.2) is 16.2 Å². The first-order chi connectivity index (χ1) is 12.5. The maximum absolute atomic E-state index is 8.82. The third kappa shape index (κ3) is 4.02. The maximum Gasteiger partial charge on any atom is 0.252 e. The van der Waals surface area contributed by atoms with Gasteiger partial charge < -0.3 is 10.5 Å². The normalized spacial score (nSPS) is 10.7. The van der Waals surface area contributed by atoms with Crippen LogP contribution in [0.2, 0.25) is 0 Å². The van der Waals surface area contributed by atoms with Crippen LogP contribution in [0.4, 0.5) is 11.6 Å². The predicted octanol–water partition coefficient (Wildman–Crippen LogP) is 4.09. The van der Waals surface area contributed by atoms with Crippen LogP contribution in [0.5, 0.6) is 11.6 Å². The molecule has 0 radical (unpaired) electrons. The Bertz CT molecular complexity index is 980. The van der Waals surface area contributed by atoms with Crippen molar-refractivity contribution in [3.63, 3.8) is 0 Å². The van der Waals surface area contributed by atoms with E-state index in [0.29, 0.717) is 17.1 Å². The number of nitrogens with zero attached hydrogens (tertiary/aromatic N) is 4. The number of hydrogen-bond donors (Lipinski definition) is 1. The summed E-state index contributed by atoms with van der Waals surface area (Å²) >= 11 is 0. The van der Waals surface area contributed by atoms with E-state index in [1.165, 1.54) is 0 Å². The second kappa shape index (κ2) is 7.45. The van der Waals surface area contributed by atoms with Gasteiger partial charge in [0.25, 0.3) is 5.95 Å². The highest BCUT2D eigenvalue weighted by molar-refractivity contribution is 5.81. The summed E-state index contributed by atoms with van der Waals surface area (Å²) in [6.45, 7) is 3.87. The molecule has 2 N–H and O–H groups in total. The molecule has 6 heteroatoms. The molecule has 128 valence electrons. The third-order valence-electron chi connectivity index (χ3n) is 3.68. The van der Waals surface area contributed by atoms with Gasteiger partial charge in [0.05, 0.1) is 11.6 Å². The van der Waals surface area contributed by atoms with E-state index in [-0.39, 0.29) is 5.95 Å². The van der Waals surface area contributed by atoms with Crippen molar-refractivity contribution in [1.29, 1.82) is 5.26 Å². The number of anilines is 1. The van der Waals surface area contributed by atoms with Crippen molar-refractivity contribution >= 4 is 17.9 Å². The van der Waals surface area contributed by atoms with Gasteiger partial charge in [0.2, 0.25) is 5.88 Å². The van der Waals surface area contributed by atoms with Crippen LogP contribution < -0.4 is 10.5 Å². The van der Waals surface area contributed by atoms with Gasteiger partial charge in [-0.25, -0.2) is 9.98 Å². The van der Waals surface area contributed by atoms with Crippen molar-refractivity contribution in [1.82, 2.24) is 9.97 Å². The Morgan fingerprint density at radius 3 is 2.46 bits per heavy atom. The molecule has 0 aliphatic carbocycles. The molecule has 0 amide bonds. The summed E-state index contributed by atoms with van der Waals surface area (Å²) in [4.78, 5) is 12.7. The van der Waals surface area contributed by atoms with Gasteiger partial charge in [-0.1, -0.05) is 12.1 Å². The first kappa shape index (κ1) is 17.1. The van der Waals surface area contributed by atoms with E-state index in [9.17, 15) is 0 Å². The lowest BCUT2D eigenvalue weighted by Crippen LogP contribution is -1.96. The highest BCUT2D eigenvalue weighted by Crippen LogP contribution is 2.30. The zero-order valence-electron chi connectivity index (χ0n) is 14.5. The Hall–Kier alpha value is -3.72. The maximum atomic E-state index is 8.82. The molecule has 0 unspecified atom stereocenters. The number of aromatic nitrogens is 2. The average Bonchev–Trinajstić information content (AvgIpc) is 2.64. The van der Waals surface area contributed by atoms with Crippen LogP contribution in [0.15, 0.2) is 53.7 Å². The summed E-state index contributed by atoms with van der Waals surface area (Å²) < 4.78 is 5.90. The fourth-order valence-electron chi connectivity index (χ4n) is 2.48. The zero-order valence-corrected chi connectivity index (χ0v) is 14.5. The quantitative estimate of drug-likeness (QED) is 0.568. The predicted molar refractivity (Wildman–Crippen MR) is 101 cm³/mol. The van der Waals surface area contributed by atoms with Crippen LogP contribution in [0, 0.1) is 25.2 Å². The van der Waals surface area contributed by atoms with Crippen molar-refractivity contribution in [2.45, 2.75) is 13.8 Å². The van der Waals surface area contributed by atoms with E-state index in [4.69, 9.17) is 15.7 Å². The molecule has 0 fully saturated rings. The van der Waals surface area contributed by atoms with Gasteiger partial charge in [-0.15, -0.1) is 0 Å². The lowest BCUT2D eigenvalue weighted by atomic mass is 10.1. The van der Waals surface area contributed by atoms with Crippen LogP contribution in [0.1, 0.15) is 22.3 Å². The highest BCUT2D eigenvalue weighted by Gasteiger charge is 2.08. The largest absolute Gasteiger partial charge is 0.438 e. The topological polar surface area (TPSA) is 97.2 Å². The van der Waals surface area contributed by atoms with Crippen LogP contribution in [-0.2, 0) is 0 Å². The average molecular weight is 343 g/mol. The fraction of sp³-hybridized carbons (Fsp3) is 0.100. The standard InChI is InChI=1S/C20H17N5O/c1-13-9-17(22)10-14(2)19(13)26-18-7-8-23-20(25-18)24-12-16-5-3-15(11-21)4-6-16/h3-10,12H,22H2,1-2H3/b24-12-. The molecule has 3 aromatic rings. The van der Waals surface area contributed by atoms with Crippen LogP contribution in [0.3, 0.4) is 0 Å². The van der Waals surface area contributed by atoms with Gasteiger partial charge in [-0.2, -0.15) is 10.2 Å². The second-order valence-electron chi connectivity index (χ2n) is 5.77. The molecule has 0 spiro atoms. The first-order valence-corrected chi connectivity index (χ1v) is 7.97. The van der Waals surface area contributed by atoms with Gasteiger partial charge >= 0.3 is 0 Å². The van der Waals surface area contributed by atoms with Gasteiger partial charge in [0.1, 0.15) is 5.75 Å². The molecule has 1 heterocycles. The number of nitrogens with two attached hydrogens (primary N) is 1. The monoisotopic (exact) mass is 343 g/mol. The molecule has 0 aliphatic rings. The molecule has 0 bridgehead atoms. The molecule has 3 rings (SSSR count). The van der Waals surface area contributed by atoms with Gasteiger partial charge in [0.15, 0.2) is 0 Å². The summed E-state index contributed by atoms with van der Waals surface area (Å²) in [5.41, 5.74) is 9.86. The lowest BCUT2D eigenvalue weighted by Gasteiger charge is -2.11. The number of ether oxygens (including phenoxy) is 1. The van der Waals surface area contributed by atoms with Crippen molar-refractivity contribution in [2.75, 3.05) is 5.73 Å². The van der Waals surface area contributed by atoms with E-state index in [1.54, 1.807) is 30.6 Å². The van der Waals surface area contributed by atoms with E-state index in [2.05, 4.69) is 21.0 Å². The summed E-state index contributed by atoms with van der Waals surface area (Å²) in [7, 11) is 0. The molecular formula is C20H17N5O. The molecule has 0 saturated carbocycles. The Balaban J connectivity index is 1.80. The second-order valence-corrected chi connectivity index (χ2v) is 5.77. The minimum absolute atomic E-state index is 0.289. The number of nitriles is 1. The smallest absolute Gasteiger partial charge is 0.252 e.